The predicted molar refractivity (Wildman–Crippen MR) is 118 cm³/mol. The zero-order valence-corrected chi connectivity index (χ0v) is 18.3. The minimum atomic E-state index is -0.589. The van der Waals surface area contributed by atoms with Crippen molar-refractivity contribution >= 4 is 27.9 Å². The van der Waals surface area contributed by atoms with Crippen molar-refractivity contribution in [1.29, 1.82) is 5.26 Å². The highest BCUT2D eigenvalue weighted by molar-refractivity contribution is 5.95. The average molecular weight is 416 g/mol. The molecule has 31 heavy (non-hydrogen) atoms. The molecule has 4 aromatic rings. The van der Waals surface area contributed by atoms with Crippen LogP contribution in [-0.4, -0.2) is 33.2 Å². The fourth-order valence-electron chi connectivity index (χ4n) is 3.75. The summed E-state index contributed by atoms with van der Waals surface area (Å²) in [4.78, 5) is 12.8. The number of nitriles is 1. The number of aromatic nitrogens is 3. The van der Waals surface area contributed by atoms with E-state index in [4.69, 9.17) is 14.7 Å². The molecule has 0 unspecified atom stereocenters. The van der Waals surface area contributed by atoms with E-state index in [0.29, 0.717) is 12.1 Å². The molecule has 2 heterocycles. The first-order valence-corrected chi connectivity index (χ1v) is 9.98. The monoisotopic (exact) mass is 416 g/mol. The van der Waals surface area contributed by atoms with Gasteiger partial charge < -0.3 is 9.47 Å². The molecule has 0 amide bonds. The Hall–Kier alpha value is -3.79. The Morgan fingerprint density at radius 1 is 1.23 bits per heavy atom. The van der Waals surface area contributed by atoms with Crippen molar-refractivity contribution in [3.05, 3.63) is 59.4 Å². The summed E-state index contributed by atoms with van der Waals surface area (Å²) in [7, 11) is 1.63. The second kappa shape index (κ2) is 7.47. The number of methoxy groups -OCH3 is 1. The second-order valence-corrected chi connectivity index (χ2v) is 8.51. The topological polar surface area (TPSA) is 82.1 Å². The molecule has 0 bridgehead atoms. The van der Waals surface area contributed by atoms with E-state index in [9.17, 15) is 4.79 Å². The van der Waals surface area contributed by atoms with E-state index in [2.05, 4.69) is 11.2 Å². The van der Waals surface area contributed by atoms with E-state index in [1.165, 1.54) is 4.57 Å². The molecule has 0 fully saturated rings. The fourth-order valence-corrected chi connectivity index (χ4v) is 3.75. The van der Waals surface area contributed by atoms with E-state index in [1.807, 2.05) is 56.8 Å². The van der Waals surface area contributed by atoms with Gasteiger partial charge in [0, 0.05) is 28.7 Å². The van der Waals surface area contributed by atoms with Gasteiger partial charge in [0.1, 0.15) is 11.4 Å². The molecule has 158 valence electrons. The molecule has 4 rings (SSSR count). The smallest absolute Gasteiger partial charge is 0.419 e. The van der Waals surface area contributed by atoms with Gasteiger partial charge in [0.25, 0.3) is 0 Å². The Bertz CT molecular complexity index is 1350. The van der Waals surface area contributed by atoms with Crippen LogP contribution in [0, 0.1) is 18.3 Å². The van der Waals surface area contributed by atoms with Gasteiger partial charge in [-0.3, -0.25) is 9.25 Å². The summed E-state index contributed by atoms with van der Waals surface area (Å²) in [6, 6.07) is 11.4. The van der Waals surface area contributed by atoms with Gasteiger partial charge in [-0.15, -0.1) is 0 Å². The lowest BCUT2D eigenvalue weighted by Crippen LogP contribution is -2.26. The number of benzene rings is 2. The van der Waals surface area contributed by atoms with Crippen LogP contribution in [0.15, 0.2) is 42.7 Å². The Balaban J connectivity index is 1.81. The lowest BCUT2D eigenvalue weighted by Gasteiger charge is -2.20. The molecule has 0 aliphatic heterocycles. The normalized spacial score (nSPS) is 11.6. The first-order valence-electron chi connectivity index (χ1n) is 9.98. The molecule has 0 saturated carbocycles. The molecule has 2 aromatic carbocycles. The number of hydrogen-bond acceptors (Lipinski definition) is 5. The van der Waals surface area contributed by atoms with Crippen molar-refractivity contribution in [1.82, 2.24) is 14.3 Å². The zero-order chi connectivity index (χ0) is 22.3. The van der Waals surface area contributed by atoms with Crippen LogP contribution in [0.1, 0.15) is 37.5 Å². The second-order valence-electron chi connectivity index (χ2n) is 8.51. The van der Waals surface area contributed by atoms with E-state index in [-0.39, 0.29) is 0 Å². The summed E-state index contributed by atoms with van der Waals surface area (Å²) in [5.74, 6) is 0.726. The van der Waals surface area contributed by atoms with Crippen LogP contribution in [0.3, 0.4) is 0 Å². The number of aryl methyl sites for hydroxylation is 1. The van der Waals surface area contributed by atoms with Crippen molar-refractivity contribution in [3.63, 3.8) is 0 Å². The maximum absolute atomic E-state index is 12.8. The van der Waals surface area contributed by atoms with Crippen LogP contribution in [-0.2, 0) is 11.3 Å². The molecule has 0 radical (unpaired) electrons. The largest absolute Gasteiger partial charge is 0.496 e. The number of rotatable bonds is 3. The molecular formula is C24H24N4O3. The molecule has 7 heteroatoms. The van der Waals surface area contributed by atoms with Gasteiger partial charge in [0.2, 0.25) is 0 Å². The standard InChI is InChI=1S/C24H24N4O3/c1-15-10-21(30-5)19(14-27-13-17-7-6-16(12-25)11-20(17)26-27)18-8-9-28(22(15)18)23(29)31-24(2,3)4/h6-11,13H,14H2,1-5H3. The van der Waals surface area contributed by atoms with Crippen molar-refractivity contribution in [2.45, 2.75) is 39.8 Å². The molecule has 0 saturated heterocycles. The van der Waals surface area contributed by atoms with Crippen molar-refractivity contribution in [2.75, 3.05) is 7.11 Å². The van der Waals surface area contributed by atoms with E-state index < -0.39 is 11.7 Å². The quantitative estimate of drug-likeness (QED) is 0.469. The van der Waals surface area contributed by atoms with E-state index >= 15 is 0 Å². The lowest BCUT2D eigenvalue weighted by atomic mass is 10.0. The van der Waals surface area contributed by atoms with Gasteiger partial charge in [-0.25, -0.2) is 4.79 Å². The van der Waals surface area contributed by atoms with Crippen molar-refractivity contribution < 1.29 is 14.3 Å². The summed E-state index contributed by atoms with van der Waals surface area (Å²) in [6.07, 6.45) is 3.25. The van der Waals surface area contributed by atoms with Crippen LogP contribution in [0.5, 0.6) is 5.75 Å². The van der Waals surface area contributed by atoms with E-state index in [1.54, 1.807) is 25.4 Å². The van der Waals surface area contributed by atoms with Gasteiger partial charge in [0.05, 0.1) is 36.3 Å². The maximum Gasteiger partial charge on any atom is 0.419 e. The molecule has 7 nitrogen and oxygen atoms in total. The molecular weight excluding hydrogens is 392 g/mol. The van der Waals surface area contributed by atoms with Crippen LogP contribution >= 0.6 is 0 Å². The predicted octanol–water partition coefficient (Wildman–Crippen LogP) is 5.01. The molecule has 0 atom stereocenters. The van der Waals surface area contributed by atoms with Gasteiger partial charge in [-0.05, 0) is 63.6 Å². The fraction of sp³-hybridized carbons (Fsp3) is 0.292. The first-order chi connectivity index (χ1) is 14.7. The van der Waals surface area contributed by atoms with Crippen LogP contribution < -0.4 is 4.74 Å². The number of hydrogen-bond donors (Lipinski definition) is 0. The summed E-state index contributed by atoms with van der Waals surface area (Å²) in [5, 5.41) is 15.6. The highest BCUT2D eigenvalue weighted by atomic mass is 16.6. The highest BCUT2D eigenvalue weighted by Gasteiger charge is 2.22. The minimum absolute atomic E-state index is 0.421. The first kappa shape index (κ1) is 20.5. The van der Waals surface area contributed by atoms with Gasteiger partial charge in [-0.1, -0.05) is 0 Å². The number of carbonyl (C=O) groups excluding carboxylic acids is 1. The maximum atomic E-state index is 12.8. The Labute approximate surface area is 180 Å². The van der Waals surface area contributed by atoms with Crippen LogP contribution in [0.4, 0.5) is 4.79 Å². The summed E-state index contributed by atoms with van der Waals surface area (Å²) in [5.41, 5.74) is 3.35. The molecule has 0 aliphatic carbocycles. The van der Waals surface area contributed by atoms with Crippen LogP contribution in [0.2, 0.25) is 0 Å². The number of nitrogens with zero attached hydrogens (tertiary/aromatic N) is 4. The lowest BCUT2D eigenvalue weighted by molar-refractivity contribution is 0.0544. The van der Waals surface area contributed by atoms with Gasteiger partial charge in [0.15, 0.2) is 0 Å². The Morgan fingerprint density at radius 2 is 2.00 bits per heavy atom. The number of ether oxygens (including phenoxy) is 2. The van der Waals surface area contributed by atoms with E-state index in [0.717, 1.165) is 38.7 Å². The number of carbonyl (C=O) groups is 1. The van der Waals surface area contributed by atoms with Gasteiger partial charge >= 0.3 is 6.09 Å². The third kappa shape index (κ3) is 3.84. The Kier molecular flexibility index (Phi) is 4.94. The van der Waals surface area contributed by atoms with Crippen molar-refractivity contribution in [3.8, 4) is 11.8 Å². The minimum Gasteiger partial charge on any atom is -0.496 e. The summed E-state index contributed by atoms with van der Waals surface area (Å²) < 4.78 is 14.6. The average Bonchev–Trinajstić information content (AvgIpc) is 3.32. The summed E-state index contributed by atoms with van der Waals surface area (Å²) >= 11 is 0. The molecule has 0 spiro atoms. The summed E-state index contributed by atoms with van der Waals surface area (Å²) in [6.45, 7) is 7.93. The SMILES string of the molecule is COc1cc(C)c2c(ccn2C(=O)OC(C)(C)C)c1Cn1cc2ccc(C#N)cc2n1. The molecule has 2 aromatic heterocycles. The Morgan fingerprint density at radius 3 is 2.68 bits per heavy atom. The third-order valence-corrected chi connectivity index (χ3v) is 5.04. The molecule has 0 aliphatic rings. The van der Waals surface area contributed by atoms with Crippen molar-refractivity contribution in [2.24, 2.45) is 0 Å². The van der Waals surface area contributed by atoms with Crippen LogP contribution in [0.25, 0.3) is 21.8 Å². The highest BCUT2D eigenvalue weighted by Crippen LogP contribution is 2.33. The van der Waals surface area contributed by atoms with Gasteiger partial charge in [-0.2, -0.15) is 10.4 Å². The molecule has 0 N–H and O–H groups in total. The number of fused-ring (bicyclic) bond motifs is 2. The third-order valence-electron chi connectivity index (χ3n) is 5.04. The zero-order valence-electron chi connectivity index (χ0n) is 18.3.